The Morgan fingerprint density at radius 2 is 2.38 bits per heavy atom. The number of aryl methyl sites for hydroxylation is 1. The zero-order valence-corrected chi connectivity index (χ0v) is 10.8. The molecule has 16 heavy (non-hydrogen) atoms. The van der Waals surface area contributed by atoms with Crippen molar-refractivity contribution in [3.63, 3.8) is 0 Å². The van der Waals surface area contributed by atoms with Crippen LogP contribution in [0.15, 0.2) is 6.20 Å². The normalized spacial score (nSPS) is 12.3. The number of ether oxygens (including phenoxy) is 1. The lowest BCUT2D eigenvalue weighted by atomic mass is 9.64. The molecule has 0 spiro atoms. The van der Waals surface area contributed by atoms with Crippen molar-refractivity contribution in [1.82, 2.24) is 4.57 Å². The first-order valence-corrected chi connectivity index (χ1v) is 5.57. The maximum absolute atomic E-state index is 11.5. The molecule has 1 heterocycles. The second-order valence-electron chi connectivity index (χ2n) is 3.69. The van der Waals surface area contributed by atoms with E-state index in [1.165, 1.54) is 0 Å². The smallest absolute Gasteiger partial charge is 0.301 e. The highest BCUT2D eigenvalue weighted by Crippen LogP contribution is 2.06. The Bertz CT molecular complexity index is 392. The van der Waals surface area contributed by atoms with Gasteiger partial charge in [-0.3, -0.25) is 4.79 Å². The van der Waals surface area contributed by atoms with Crippen molar-refractivity contribution in [3.05, 3.63) is 11.3 Å². The number of hydrogen-bond donors (Lipinski definition) is 0. The van der Waals surface area contributed by atoms with Gasteiger partial charge in [0.1, 0.15) is 6.20 Å². The molecule has 87 valence electrons. The number of rotatable bonds is 4. The van der Waals surface area contributed by atoms with Crippen LogP contribution in [0.2, 0.25) is 11.0 Å². The molecule has 1 aromatic rings. The fourth-order valence-electron chi connectivity index (χ4n) is 1.45. The number of halogens is 1. The minimum Gasteiger partial charge on any atom is -0.466 e. The molecule has 1 rings (SSSR count). The largest absolute Gasteiger partial charge is 0.466 e. The topological polar surface area (TPSA) is 35.1 Å². The van der Waals surface area contributed by atoms with Gasteiger partial charge in [0.25, 0.3) is 7.28 Å². The average Bonchev–Trinajstić information content (AvgIpc) is 2.45. The molecule has 1 aromatic heterocycles. The third-order valence-corrected chi connectivity index (χ3v) is 2.73. The van der Waals surface area contributed by atoms with Crippen LogP contribution in [0.4, 0.5) is 0 Å². The van der Waals surface area contributed by atoms with E-state index >= 15 is 0 Å². The first-order valence-electron chi connectivity index (χ1n) is 5.19. The van der Waals surface area contributed by atoms with E-state index in [-0.39, 0.29) is 11.8 Å². The third-order valence-electron chi connectivity index (χ3n) is 2.38. The molecular weight excluding hydrogens is 226 g/mol. The summed E-state index contributed by atoms with van der Waals surface area (Å²) >= 11 is 5.96. The van der Waals surface area contributed by atoms with Crippen molar-refractivity contribution in [2.75, 3.05) is 6.61 Å². The first-order chi connectivity index (χ1) is 7.47. The second-order valence-corrected chi connectivity index (χ2v) is 4.07. The van der Waals surface area contributed by atoms with Gasteiger partial charge in [-0.15, -0.1) is 0 Å². The fraction of sp³-hybridized carbons (Fsp3) is 0.600. The molecule has 0 aromatic carbocycles. The van der Waals surface area contributed by atoms with E-state index < -0.39 is 0 Å². The highest BCUT2D eigenvalue weighted by molar-refractivity contribution is 6.56. The zero-order valence-electron chi connectivity index (χ0n) is 10.0. The zero-order chi connectivity index (χ0) is 12.3. The van der Waals surface area contributed by atoms with Crippen molar-refractivity contribution < 1.29 is 14.1 Å². The van der Waals surface area contributed by atoms with Crippen LogP contribution in [0.25, 0.3) is 0 Å². The van der Waals surface area contributed by atoms with E-state index in [1.54, 1.807) is 20.0 Å². The summed E-state index contributed by atoms with van der Waals surface area (Å²) in [6.45, 7) is 4.00. The van der Waals surface area contributed by atoms with E-state index in [0.29, 0.717) is 11.8 Å². The van der Waals surface area contributed by atoms with Crippen LogP contribution in [-0.4, -0.2) is 24.4 Å². The third kappa shape index (κ3) is 2.79. The number of carbonyl (C=O) groups is 1. The Labute approximate surface area is 101 Å². The molecule has 0 aliphatic heterocycles. The van der Waals surface area contributed by atoms with Crippen molar-refractivity contribution in [2.24, 2.45) is 14.1 Å². The monoisotopic (exact) mass is 242 g/mol. The Balaban J connectivity index is 2.76. The van der Waals surface area contributed by atoms with Crippen molar-refractivity contribution in [2.45, 2.75) is 19.7 Å². The summed E-state index contributed by atoms with van der Waals surface area (Å²) in [5, 5.41) is 0.629. The summed E-state index contributed by atoms with van der Waals surface area (Å²) in [7, 11) is 5.57. The predicted molar refractivity (Wildman–Crippen MR) is 63.0 cm³/mol. The van der Waals surface area contributed by atoms with Gasteiger partial charge in [-0.1, -0.05) is 6.92 Å². The highest BCUT2D eigenvalue weighted by Gasteiger charge is 2.25. The summed E-state index contributed by atoms with van der Waals surface area (Å²) < 4.78 is 8.63. The summed E-state index contributed by atoms with van der Waals surface area (Å²) in [6, 6.07) is 0. The number of aromatic nitrogens is 2. The van der Waals surface area contributed by atoms with Gasteiger partial charge < -0.3 is 4.74 Å². The minimum absolute atomic E-state index is 0.222. The molecule has 6 heteroatoms. The van der Waals surface area contributed by atoms with Crippen LogP contribution in [0.3, 0.4) is 0 Å². The molecule has 0 saturated heterocycles. The highest BCUT2D eigenvalue weighted by atomic mass is 35.5. The molecule has 0 fully saturated rings. The van der Waals surface area contributed by atoms with Crippen LogP contribution in [0.1, 0.15) is 13.8 Å². The number of carbonyl (C=O) groups excluding carboxylic acids is 1. The van der Waals surface area contributed by atoms with E-state index in [2.05, 4.69) is 0 Å². The number of nitrogens with zero attached hydrogens (tertiary/aromatic N) is 2. The van der Waals surface area contributed by atoms with Gasteiger partial charge in [-0.2, -0.15) is 0 Å². The van der Waals surface area contributed by atoms with Gasteiger partial charge in [0.05, 0.1) is 20.7 Å². The van der Waals surface area contributed by atoms with Crippen LogP contribution >= 0.6 is 11.6 Å². The van der Waals surface area contributed by atoms with Gasteiger partial charge in [0, 0.05) is 5.82 Å². The molecule has 4 nitrogen and oxygen atoms in total. The molecule has 0 bridgehead atoms. The molecule has 0 unspecified atom stereocenters. The lowest BCUT2D eigenvalue weighted by molar-refractivity contribution is -0.653. The SMILES string of the molecule is CCOC(=O)[C@@H](C)[B]c1n(C)c(Cl)c[n+]1C. The summed E-state index contributed by atoms with van der Waals surface area (Å²) in [6.07, 6.45) is 1.80. The maximum atomic E-state index is 11.5. The Morgan fingerprint density at radius 3 is 2.81 bits per heavy atom. The van der Waals surface area contributed by atoms with Crippen molar-refractivity contribution >= 4 is 30.6 Å². The molecule has 0 aliphatic rings. The van der Waals surface area contributed by atoms with Gasteiger partial charge in [0.15, 0.2) is 5.72 Å². The number of esters is 1. The maximum Gasteiger partial charge on any atom is 0.301 e. The van der Waals surface area contributed by atoms with Crippen LogP contribution in [0.5, 0.6) is 0 Å². The molecule has 0 N–H and O–H groups in total. The molecule has 0 aliphatic carbocycles. The quantitative estimate of drug-likeness (QED) is 0.430. The van der Waals surface area contributed by atoms with Crippen molar-refractivity contribution in [1.29, 1.82) is 0 Å². The van der Waals surface area contributed by atoms with Crippen LogP contribution < -0.4 is 10.3 Å². The average molecular weight is 243 g/mol. The summed E-state index contributed by atoms with van der Waals surface area (Å²) in [5.41, 5.74) is 0.880. The molecule has 1 atom stereocenters. The standard InChI is InChI=1S/C10H16BClN2O2/c1-5-16-9(15)7(2)11-10-13(3)6-8(12)14(10)4/h6-7H,5H2,1-4H3/q+1/t7-/m1/s1. The molecule has 0 amide bonds. The number of hydrogen-bond acceptors (Lipinski definition) is 2. The fourth-order valence-corrected chi connectivity index (χ4v) is 1.69. The summed E-state index contributed by atoms with van der Waals surface area (Å²) in [4.78, 5) is 11.5. The van der Waals surface area contributed by atoms with E-state index in [1.807, 2.05) is 30.5 Å². The van der Waals surface area contributed by atoms with Gasteiger partial charge in [-0.25, -0.2) is 9.13 Å². The Kier molecular flexibility index (Phi) is 4.41. The lowest BCUT2D eigenvalue weighted by Gasteiger charge is -2.07. The molecule has 1 radical (unpaired) electrons. The lowest BCUT2D eigenvalue weighted by Crippen LogP contribution is -2.51. The molecular formula is C10H16BClN2O2+. The molecule has 0 saturated carbocycles. The summed E-state index contributed by atoms with van der Waals surface area (Å²) in [5.74, 6) is -0.504. The Hall–Kier alpha value is -0.965. The van der Waals surface area contributed by atoms with E-state index in [9.17, 15) is 4.79 Å². The van der Waals surface area contributed by atoms with Gasteiger partial charge >= 0.3 is 5.97 Å². The van der Waals surface area contributed by atoms with Gasteiger partial charge in [0.2, 0.25) is 5.15 Å². The Morgan fingerprint density at radius 1 is 1.75 bits per heavy atom. The number of imidazole rings is 1. The van der Waals surface area contributed by atoms with E-state index in [0.717, 1.165) is 5.72 Å². The van der Waals surface area contributed by atoms with Crippen molar-refractivity contribution in [3.8, 4) is 0 Å². The second kappa shape index (κ2) is 5.39. The van der Waals surface area contributed by atoms with Crippen LogP contribution in [0, 0.1) is 0 Å². The predicted octanol–water partition coefficient (Wildman–Crippen LogP) is 0.204. The first kappa shape index (κ1) is 13.1. The van der Waals surface area contributed by atoms with Crippen LogP contribution in [-0.2, 0) is 23.6 Å². The van der Waals surface area contributed by atoms with Gasteiger partial charge in [-0.05, 0) is 18.5 Å². The van der Waals surface area contributed by atoms with E-state index in [4.69, 9.17) is 16.3 Å². The minimum atomic E-state index is -0.282.